The highest BCUT2D eigenvalue weighted by molar-refractivity contribution is 7.89. The summed E-state index contributed by atoms with van der Waals surface area (Å²) in [7, 11) is -2.49. The minimum absolute atomic E-state index is 0.0508. The van der Waals surface area contributed by atoms with E-state index in [9.17, 15) is 13.2 Å². The molecule has 8 heteroatoms. The van der Waals surface area contributed by atoms with Gasteiger partial charge in [-0.2, -0.15) is 0 Å². The van der Waals surface area contributed by atoms with Crippen LogP contribution in [0.15, 0.2) is 9.31 Å². The van der Waals surface area contributed by atoms with Crippen molar-refractivity contribution in [3.63, 3.8) is 0 Å². The van der Waals surface area contributed by atoms with E-state index in [0.717, 1.165) is 0 Å². The molecular weight excluding hydrogens is 262 g/mol. The Labute approximate surface area is 105 Å². The third-order valence-electron chi connectivity index (χ3n) is 2.29. The highest BCUT2D eigenvalue weighted by Crippen LogP contribution is 2.26. The van der Waals surface area contributed by atoms with Gasteiger partial charge in [-0.15, -0.1) is 0 Å². The van der Waals surface area contributed by atoms with Crippen LogP contribution in [0.5, 0.6) is 0 Å². The van der Waals surface area contributed by atoms with Gasteiger partial charge in [0.15, 0.2) is 0 Å². The van der Waals surface area contributed by atoms with Crippen molar-refractivity contribution in [3.8, 4) is 0 Å². The van der Waals surface area contributed by atoms with Gasteiger partial charge in [-0.3, -0.25) is 0 Å². The van der Waals surface area contributed by atoms with Gasteiger partial charge in [-0.05, 0) is 13.8 Å². The van der Waals surface area contributed by atoms with Crippen LogP contribution in [0, 0.1) is 13.8 Å². The first-order valence-electron chi connectivity index (χ1n) is 5.13. The fraction of sp³-hybridized carbons (Fsp3) is 0.500. The van der Waals surface area contributed by atoms with E-state index in [4.69, 9.17) is 14.3 Å². The normalized spacial score (nSPS) is 11.7. The van der Waals surface area contributed by atoms with Gasteiger partial charge in [0.2, 0.25) is 10.0 Å². The SMILES string of the molecule is COCCNS(=O)(=O)c1c(C)oc(C)c1C(=O)O. The Morgan fingerprint density at radius 3 is 2.50 bits per heavy atom. The van der Waals surface area contributed by atoms with E-state index < -0.39 is 16.0 Å². The number of ether oxygens (including phenoxy) is 1. The van der Waals surface area contributed by atoms with Crippen LogP contribution in [0.2, 0.25) is 0 Å². The number of hydrogen-bond acceptors (Lipinski definition) is 5. The molecule has 0 aliphatic rings. The summed E-state index contributed by atoms with van der Waals surface area (Å²) in [4.78, 5) is 10.7. The predicted molar refractivity (Wildman–Crippen MR) is 62.2 cm³/mol. The van der Waals surface area contributed by atoms with E-state index in [2.05, 4.69) is 4.72 Å². The zero-order chi connectivity index (χ0) is 13.9. The molecule has 18 heavy (non-hydrogen) atoms. The van der Waals surface area contributed by atoms with Crippen LogP contribution in [0.25, 0.3) is 0 Å². The number of furan rings is 1. The van der Waals surface area contributed by atoms with Gasteiger partial charge in [0.1, 0.15) is 22.0 Å². The quantitative estimate of drug-likeness (QED) is 0.734. The molecule has 0 aliphatic heterocycles. The summed E-state index contributed by atoms with van der Waals surface area (Å²) in [5, 5.41) is 9.02. The number of nitrogens with one attached hydrogen (secondary N) is 1. The molecule has 0 radical (unpaired) electrons. The molecule has 1 aromatic heterocycles. The zero-order valence-corrected chi connectivity index (χ0v) is 11.1. The number of aromatic carboxylic acids is 1. The van der Waals surface area contributed by atoms with Crippen molar-refractivity contribution in [2.45, 2.75) is 18.7 Å². The molecule has 1 heterocycles. The lowest BCUT2D eigenvalue weighted by atomic mass is 10.2. The van der Waals surface area contributed by atoms with Crippen molar-refractivity contribution < 1.29 is 27.5 Å². The average Bonchev–Trinajstić information content (AvgIpc) is 2.54. The Morgan fingerprint density at radius 1 is 1.39 bits per heavy atom. The molecule has 0 fully saturated rings. The van der Waals surface area contributed by atoms with Crippen LogP contribution in [0.3, 0.4) is 0 Å². The second-order valence-electron chi connectivity index (χ2n) is 3.61. The molecule has 0 unspecified atom stereocenters. The van der Waals surface area contributed by atoms with Gasteiger partial charge < -0.3 is 14.3 Å². The lowest BCUT2D eigenvalue weighted by Crippen LogP contribution is -2.28. The van der Waals surface area contributed by atoms with Gasteiger partial charge >= 0.3 is 5.97 Å². The van der Waals surface area contributed by atoms with Crippen molar-refractivity contribution in [2.24, 2.45) is 0 Å². The molecule has 0 saturated heterocycles. The summed E-state index contributed by atoms with van der Waals surface area (Å²) in [6, 6.07) is 0. The minimum atomic E-state index is -3.92. The number of aryl methyl sites for hydroxylation is 2. The third-order valence-corrected chi connectivity index (χ3v) is 3.90. The molecule has 0 spiro atoms. The van der Waals surface area contributed by atoms with Crippen molar-refractivity contribution >= 4 is 16.0 Å². The lowest BCUT2D eigenvalue weighted by Gasteiger charge is -2.06. The van der Waals surface area contributed by atoms with Crippen molar-refractivity contribution in [1.82, 2.24) is 4.72 Å². The maximum atomic E-state index is 12.0. The highest BCUT2D eigenvalue weighted by Gasteiger charge is 2.30. The van der Waals surface area contributed by atoms with E-state index in [1.807, 2.05) is 0 Å². The Bertz CT molecular complexity index is 545. The molecule has 1 aromatic rings. The van der Waals surface area contributed by atoms with Gasteiger partial charge in [0.05, 0.1) is 6.61 Å². The predicted octanol–water partition coefficient (Wildman–Crippen LogP) is 0.519. The Hall–Kier alpha value is -1.38. The Balaban J connectivity index is 3.20. The summed E-state index contributed by atoms with van der Waals surface area (Å²) in [5.41, 5.74) is -0.336. The van der Waals surface area contributed by atoms with E-state index in [1.54, 1.807) is 0 Å². The van der Waals surface area contributed by atoms with Crippen LogP contribution < -0.4 is 4.72 Å². The van der Waals surface area contributed by atoms with Crippen molar-refractivity contribution in [2.75, 3.05) is 20.3 Å². The van der Waals surface area contributed by atoms with E-state index in [-0.39, 0.29) is 35.1 Å². The number of rotatable bonds is 6. The summed E-state index contributed by atoms with van der Waals surface area (Å²) >= 11 is 0. The number of carbonyl (C=O) groups is 1. The van der Waals surface area contributed by atoms with Gasteiger partial charge in [0.25, 0.3) is 0 Å². The van der Waals surface area contributed by atoms with Crippen LogP contribution in [-0.2, 0) is 14.8 Å². The number of carboxylic acid groups (broad SMARTS) is 1. The van der Waals surface area contributed by atoms with Crippen molar-refractivity contribution in [3.05, 3.63) is 17.1 Å². The fourth-order valence-electron chi connectivity index (χ4n) is 1.58. The number of hydrogen-bond donors (Lipinski definition) is 2. The van der Waals surface area contributed by atoms with E-state index in [0.29, 0.717) is 0 Å². The molecule has 0 aromatic carbocycles. The molecule has 0 saturated carbocycles. The third kappa shape index (κ3) is 2.89. The molecule has 0 atom stereocenters. The van der Waals surface area contributed by atoms with Gasteiger partial charge in [-0.1, -0.05) is 0 Å². The second kappa shape index (κ2) is 5.51. The van der Waals surface area contributed by atoms with Crippen LogP contribution >= 0.6 is 0 Å². The molecule has 7 nitrogen and oxygen atoms in total. The summed E-state index contributed by atoms with van der Waals surface area (Å²) < 4.78 is 36.0. The van der Waals surface area contributed by atoms with Crippen LogP contribution in [0.1, 0.15) is 21.9 Å². The lowest BCUT2D eigenvalue weighted by molar-refractivity contribution is 0.0691. The van der Waals surface area contributed by atoms with E-state index >= 15 is 0 Å². The summed E-state index contributed by atoms with van der Waals surface area (Å²) in [6.07, 6.45) is 0. The molecule has 1 rings (SSSR count). The number of carboxylic acids is 1. The minimum Gasteiger partial charge on any atom is -0.478 e. The molecule has 102 valence electrons. The zero-order valence-electron chi connectivity index (χ0n) is 10.3. The smallest absolute Gasteiger partial charge is 0.340 e. The number of sulfonamides is 1. The summed E-state index contributed by atoms with van der Waals surface area (Å²) in [5.74, 6) is -1.22. The number of methoxy groups -OCH3 is 1. The standard InChI is InChI=1S/C10H15NO6S/c1-6-8(10(12)13)9(7(2)17-6)18(14,15)11-4-5-16-3/h11H,4-5H2,1-3H3,(H,12,13). The van der Waals surface area contributed by atoms with Gasteiger partial charge in [-0.25, -0.2) is 17.9 Å². The maximum Gasteiger partial charge on any atom is 0.340 e. The Morgan fingerprint density at radius 2 is 2.00 bits per heavy atom. The molecule has 0 aliphatic carbocycles. The first-order valence-corrected chi connectivity index (χ1v) is 6.61. The largest absolute Gasteiger partial charge is 0.478 e. The molecular formula is C10H15NO6S. The topological polar surface area (TPSA) is 106 Å². The first-order chi connectivity index (χ1) is 8.31. The van der Waals surface area contributed by atoms with E-state index in [1.165, 1.54) is 21.0 Å². The highest BCUT2D eigenvalue weighted by atomic mass is 32.2. The monoisotopic (exact) mass is 277 g/mol. The average molecular weight is 277 g/mol. The van der Waals surface area contributed by atoms with Crippen molar-refractivity contribution in [1.29, 1.82) is 0 Å². The second-order valence-corrected chi connectivity index (χ2v) is 5.32. The van der Waals surface area contributed by atoms with Gasteiger partial charge in [0, 0.05) is 13.7 Å². The maximum absolute atomic E-state index is 12.0. The molecule has 2 N–H and O–H groups in total. The van der Waals surface area contributed by atoms with Crippen LogP contribution in [-0.4, -0.2) is 39.8 Å². The first kappa shape index (κ1) is 14.7. The van der Waals surface area contributed by atoms with Crippen LogP contribution in [0.4, 0.5) is 0 Å². The Kier molecular flexibility index (Phi) is 4.49. The molecule has 0 amide bonds. The fourth-order valence-corrected chi connectivity index (χ4v) is 3.00. The summed E-state index contributed by atoms with van der Waals surface area (Å²) in [6.45, 7) is 3.06. The molecule has 0 bridgehead atoms.